The van der Waals surface area contributed by atoms with Gasteiger partial charge in [0, 0.05) is 19.0 Å². The van der Waals surface area contributed by atoms with Crippen LogP contribution < -0.4 is 11.1 Å². The first-order valence-electron chi connectivity index (χ1n) is 5.77. The number of nitrogens with one attached hydrogen (secondary N) is 1. The molecule has 0 aromatic carbocycles. The van der Waals surface area contributed by atoms with Crippen molar-refractivity contribution in [3.8, 4) is 0 Å². The van der Waals surface area contributed by atoms with Crippen molar-refractivity contribution in [1.82, 2.24) is 15.5 Å². The van der Waals surface area contributed by atoms with Gasteiger partial charge < -0.3 is 15.8 Å². The Morgan fingerprint density at radius 1 is 1.58 bits per heavy atom. The summed E-state index contributed by atoms with van der Waals surface area (Å²) in [5.41, 5.74) is 5.99. The molecule has 2 rings (SSSR count). The molecule has 19 heavy (non-hydrogen) atoms. The normalized spacial score (nSPS) is 11.7. The van der Waals surface area contributed by atoms with Crippen LogP contribution in [0.5, 0.6) is 0 Å². The summed E-state index contributed by atoms with van der Waals surface area (Å²) in [6, 6.07) is 1.75. The number of thiophene rings is 1. The average Bonchev–Trinajstić information content (AvgIpc) is 2.74. The molecule has 6 nitrogen and oxygen atoms in total. The molecule has 3 N–H and O–H groups in total. The van der Waals surface area contributed by atoms with E-state index < -0.39 is 5.60 Å². The van der Waals surface area contributed by atoms with Gasteiger partial charge in [0.25, 0.3) is 5.91 Å². The smallest absolute Gasteiger partial charge is 0.263 e. The summed E-state index contributed by atoms with van der Waals surface area (Å²) in [7, 11) is 1.61. The van der Waals surface area contributed by atoms with Gasteiger partial charge in [-0.05, 0) is 19.9 Å². The van der Waals surface area contributed by atoms with Crippen molar-refractivity contribution in [2.45, 2.75) is 19.4 Å². The molecule has 0 saturated carbocycles. The van der Waals surface area contributed by atoms with Crippen LogP contribution in [0, 0.1) is 0 Å². The van der Waals surface area contributed by atoms with Gasteiger partial charge in [-0.25, -0.2) is 0 Å². The first kappa shape index (κ1) is 13.7. The maximum Gasteiger partial charge on any atom is 0.263 e. The fraction of sp³-hybridized carbons (Fsp3) is 0.417. The number of ether oxygens (including phenoxy) is 1. The van der Waals surface area contributed by atoms with Gasteiger partial charge in [-0.2, -0.15) is 5.10 Å². The van der Waals surface area contributed by atoms with E-state index in [1.54, 1.807) is 19.4 Å². The van der Waals surface area contributed by atoms with Crippen LogP contribution in [0.1, 0.15) is 23.5 Å². The van der Waals surface area contributed by atoms with Gasteiger partial charge in [-0.1, -0.05) is 0 Å². The van der Waals surface area contributed by atoms with Gasteiger partial charge in [0.05, 0.1) is 17.5 Å². The number of hydrogen-bond donors (Lipinski definition) is 2. The summed E-state index contributed by atoms with van der Waals surface area (Å²) in [4.78, 5) is 13.2. The molecule has 2 aromatic heterocycles. The van der Waals surface area contributed by atoms with Crippen LogP contribution in [0.4, 0.5) is 5.69 Å². The van der Waals surface area contributed by atoms with Crippen molar-refractivity contribution in [2.75, 3.05) is 19.4 Å². The third-order valence-electron chi connectivity index (χ3n) is 2.85. The van der Waals surface area contributed by atoms with Crippen molar-refractivity contribution >= 4 is 33.1 Å². The van der Waals surface area contributed by atoms with Gasteiger partial charge in [0.1, 0.15) is 9.71 Å². The number of nitrogens with zero attached hydrogens (tertiary/aromatic N) is 2. The quantitative estimate of drug-likeness (QED) is 0.884. The van der Waals surface area contributed by atoms with E-state index in [-0.39, 0.29) is 5.91 Å². The number of carbonyl (C=O) groups is 1. The molecule has 2 aromatic rings. The molecule has 0 bridgehead atoms. The lowest BCUT2D eigenvalue weighted by atomic mass is 10.1. The lowest BCUT2D eigenvalue weighted by Gasteiger charge is -2.22. The fourth-order valence-electron chi connectivity index (χ4n) is 1.49. The second-order valence-corrected chi connectivity index (χ2v) is 5.74. The van der Waals surface area contributed by atoms with E-state index in [9.17, 15) is 4.79 Å². The molecule has 7 heteroatoms. The second kappa shape index (κ2) is 5.10. The molecule has 2 heterocycles. The Morgan fingerprint density at radius 3 is 2.95 bits per heavy atom. The summed E-state index contributed by atoms with van der Waals surface area (Å²) in [5, 5.41) is 11.3. The number of carbonyl (C=O) groups excluding carboxylic acids is 1. The second-order valence-electron chi connectivity index (χ2n) is 4.74. The predicted octanol–water partition coefficient (Wildman–Crippen LogP) is 1.43. The minimum Gasteiger partial charge on any atom is -0.397 e. The Hall–Kier alpha value is -1.73. The fourth-order valence-corrected chi connectivity index (χ4v) is 2.44. The number of nitrogens with two attached hydrogens (primary N) is 1. The molecule has 102 valence electrons. The number of rotatable bonds is 4. The lowest BCUT2D eigenvalue weighted by molar-refractivity contribution is 0.0229. The van der Waals surface area contributed by atoms with Crippen LogP contribution in [0.2, 0.25) is 0 Å². The molecule has 0 aliphatic heterocycles. The Balaban J connectivity index is 2.20. The van der Waals surface area contributed by atoms with Crippen LogP contribution in [-0.4, -0.2) is 35.4 Å². The molecule has 0 aliphatic carbocycles. The van der Waals surface area contributed by atoms with Crippen LogP contribution >= 0.6 is 11.3 Å². The number of nitrogen functional groups attached to an aromatic ring is 1. The topological polar surface area (TPSA) is 90.1 Å². The first-order chi connectivity index (χ1) is 8.94. The highest BCUT2D eigenvalue weighted by Crippen LogP contribution is 2.31. The minimum absolute atomic E-state index is 0.217. The highest BCUT2D eigenvalue weighted by Gasteiger charge is 2.21. The van der Waals surface area contributed by atoms with Crippen molar-refractivity contribution < 1.29 is 9.53 Å². The van der Waals surface area contributed by atoms with E-state index in [1.165, 1.54) is 11.3 Å². The molecule has 1 amide bonds. The van der Waals surface area contributed by atoms with E-state index >= 15 is 0 Å². The van der Waals surface area contributed by atoms with E-state index in [4.69, 9.17) is 10.5 Å². The van der Waals surface area contributed by atoms with Crippen molar-refractivity contribution in [3.05, 3.63) is 17.1 Å². The molecule has 0 atom stereocenters. The molecule has 0 aliphatic rings. The SMILES string of the molecule is COC(C)(C)CNC(=O)c1sc2nnccc2c1N. The Labute approximate surface area is 115 Å². The maximum absolute atomic E-state index is 12.1. The highest BCUT2D eigenvalue weighted by molar-refractivity contribution is 7.21. The summed E-state index contributed by atoms with van der Waals surface area (Å²) in [6.45, 7) is 4.20. The van der Waals surface area contributed by atoms with Crippen molar-refractivity contribution in [3.63, 3.8) is 0 Å². The van der Waals surface area contributed by atoms with Gasteiger partial charge >= 0.3 is 0 Å². The largest absolute Gasteiger partial charge is 0.397 e. The number of aromatic nitrogens is 2. The lowest BCUT2D eigenvalue weighted by Crippen LogP contribution is -2.39. The Bertz CT molecular complexity index is 609. The monoisotopic (exact) mass is 280 g/mol. The molecule has 0 radical (unpaired) electrons. The van der Waals surface area contributed by atoms with Crippen molar-refractivity contribution in [1.29, 1.82) is 0 Å². The number of anilines is 1. The van der Waals surface area contributed by atoms with E-state index in [1.807, 2.05) is 13.8 Å². The average molecular weight is 280 g/mol. The number of fused-ring (bicyclic) bond motifs is 1. The summed E-state index contributed by atoms with van der Waals surface area (Å²) in [5.74, 6) is -0.217. The van der Waals surface area contributed by atoms with E-state index in [0.29, 0.717) is 21.9 Å². The zero-order valence-corrected chi connectivity index (χ0v) is 11.9. The molecular formula is C12H16N4O2S. The van der Waals surface area contributed by atoms with Gasteiger partial charge in [0.15, 0.2) is 0 Å². The standard InChI is InChI=1S/C12H16N4O2S/c1-12(2,18-3)6-14-10(17)9-8(13)7-4-5-15-16-11(7)19-9/h4-5H,6,13H2,1-3H3,(H,14,17). The Morgan fingerprint density at radius 2 is 2.32 bits per heavy atom. The zero-order chi connectivity index (χ0) is 14.0. The van der Waals surface area contributed by atoms with Gasteiger partial charge in [-0.15, -0.1) is 16.4 Å². The van der Waals surface area contributed by atoms with Crippen LogP contribution in [0.25, 0.3) is 10.2 Å². The molecule has 0 unspecified atom stereocenters. The van der Waals surface area contributed by atoms with E-state index in [2.05, 4.69) is 15.5 Å². The number of methoxy groups -OCH3 is 1. The Kier molecular flexibility index (Phi) is 3.68. The molecule has 0 saturated heterocycles. The van der Waals surface area contributed by atoms with Gasteiger partial charge in [0.2, 0.25) is 0 Å². The highest BCUT2D eigenvalue weighted by atomic mass is 32.1. The third-order valence-corrected chi connectivity index (χ3v) is 3.96. The first-order valence-corrected chi connectivity index (χ1v) is 6.59. The van der Waals surface area contributed by atoms with Crippen LogP contribution in [0.3, 0.4) is 0 Å². The summed E-state index contributed by atoms with van der Waals surface area (Å²) in [6.07, 6.45) is 1.56. The summed E-state index contributed by atoms with van der Waals surface area (Å²) >= 11 is 1.24. The predicted molar refractivity (Wildman–Crippen MR) is 75.2 cm³/mol. The van der Waals surface area contributed by atoms with Crippen LogP contribution in [-0.2, 0) is 4.74 Å². The maximum atomic E-state index is 12.1. The summed E-state index contributed by atoms with van der Waals surface area (Å²) < 4.78 is 5.25. The molecular weight excluding hydrogens is 264 g/mol. The third kappa shape index (κ3) is 2.82. The van der Waals surface area contributed by atoms with E-state index in [0.717, 1.165) is 5.39 Å². The number of amides is 1. The van der Waals surface area contributed by atoms with Crippen LogP contribution in [0.15, 0.2) is 12.3 Å². The molecule has 0 fully saturated rings. The molecule has 0 spiro atoms. The number of hydrogen-bond acceptors (Lipinski definition) is 6. The minimum atomic E-state index is -0.416. The zero-order valence-electron chi connectivity index (χ0n) is 11.1. The van der Waals surface area contributed by atoms with Gasteiger partial charge in [-0.3, -0.25) is 4.79 Å². The van der Waals surface area contributed by atoms with Crippen molar-refractivity contribution in [2.24, 2.45) is 0 Å².